The van der Waals surface area contributed by atoms with E-state index in [1.165, 1.54) is 0 Å². The molecule has 8 heteroatoms. The maximum Gasteiger partial charge on any atom is 0.253 e. The van der Waals surface area contributed by atoms with E-state index in [-0.39, 0.29) is 5.91 Å². The highest BCUT2D eigenvalue weighted by atomic mass is 16.5. The maximum absolute atomic E-state index is 12.8. The van der Waals surface area contributed by atoms with Crippen molar-refractivity contribution in [1.82, 2.24) is 25.2 Å². The fourth-order valence-corrected chi connectivity index (χ4v) is 4.26. The van der Waals surface area contributed by atoms with Crippen molar-refractivity contribution in [3.63, 3.8) is 0 Å². The first-order valence-corrected chi connectivity index (χ1v) is 11.9. The Morgan fingerprint density at radius 3 is 2.66 bits per heavy atom. The summed E-state index contributed by atoms with van der Waals surface area (Å²) in [5.74, 6) is 1.59. The number of hydrogen-bond donors (Lipinski definition) is 2. The second kappa shape index (κ2) is 10.7. The molecule has 0 atom stereocenters. The monoisotopic (exact) mass is 471 g/mol. The van der Waals surface area contributed by atoms with Crippen molar-refractivity contribution in [2.75, 3.05) is 46.5 Å². The maximum atomic E-state index is 12.8. The lowest BCUT2D eigenvalue weighted by Crippen LogP contribution is -2.46. The highest BCUT2D eigenvalue weighted by Crippen LogP contribution is 2.30. The summed E-state index contributed by atoms with van der Waals surface area (Å²) < 4.78 is 11.0. The molecule has 180 valence electrons. The molecule has 35 heavy (non-hydrogen) atoms. The van der Waals surface area contributed by atoms with Crippen LogP contribution < -0.4 is 10.1 Å². The molecule has 0 spiro atoms. The number of amides is 1. The van der Waals surface area contributed by atoms with Crippen LogP contribution in [0.5, 0.6) is 5.75 Å². The van der Waals surface area contributed by atoms with Crippen LogP contribution >= 0.6 is 0 Å². The number of aromatic nitrogens is 3. The van der Waals surface area contributed by atoms with Crippen molar-refractivity contribution in [3.05, 3.63) is 66.4 Å². The Hall–Kier alpha value is -3.75. The van der Waals surface area contributed by atoms with Crippen molar-refractivity contribution < 1.29 is 14.3 Å². The number of fused-ring (bicyclic) bond motifs is 1. The van der Waals surface area contributed by atoms with Crippen LogP contribution in [0.25, 0.3) is 33.7 Å². The normalized spacial score (nSPS) is 13.8. The number of rotatable bonds is 8. The molecule has 1 fully saturated rings. The quantitative estimate of drug-likeness (QED) is 0.380. The van der Waals surface area contributed by atoms with Crippen LogP contribution in [0.15, 0.2) is 60.8 Å². The van der Waals surface area contributed by atoms with E-state index in [2.05, 4.69) is 15.3 Å². The summed E-state index contributed by atoms with van der Waals surface area (Å²) in [7, 11) is 1.69. The molecule has 0 aliphatic carbocycles. The van der Waals surface area contributed by atoms with Gasteiger partial charge in [0.05, 0.1) is 12.1 Å². The molecule has 3 heterocycles. The number of piperazine rings is 1. The fourth-order valence-electron chi connectivity index (χ4n) is 4.26. The third-order valence-electron chi connectivity index (χ3n) is 6.11. The van der Waals surface area contributed by atoms with Gasteiger partial charge in [0.25, 0.3) is 5.91 Å². The third kappa shape index (κ3) is 5.18. The van der Waals surface area contributed by atoms with Crippen LogP contribution in [-0.2, 0) is 4.74 Å². The van der Waals surface area contributed by atoms with E-state index in [0.29, 0.717) is 30.2 Å². The zero-order chi connectivity index (χ0) is 24.0. The predicted octanol–water partition coefficient (Wildman–Crippen LogP) is 3.75. The minimum Gasteiger partial charge on any atom is -0.493 e. The van der Waals surface area contributed by atoms with Crippen LogP contribution in [0.2, 0.25) is 0 Å². The Bertz CT molecular complexity index is 1300. The molecule has 2 aromatic heterocycles. The number of aromatic amines is 1. The van der Waals surface area contributed by atoms with Gasteiger partial charge in [0.2, 0.25) is 0 Å². The summed E-state index contributed by atoms with van der Waals surface area (Å²) >= 11 is 0. The molecule has 5 rings (SSSR count). The predicted molar refractivity (Wildman–Crippen MR) is 136 cm³/mol. The van der Waals surface area contributed by atoms with Gasteiger partial charge < -0.3 is 24.7 Å². The Morgan fingerprint density at radius 1 is 1.03 bits per heavy atom. The molecule has 2 aromatic carbocycles. The number of nitrogens with one attached hydrogen (secondary N) is 2. The highest BCUT2D eigenvalue weighted by Gasteiger charge is 2.18. The van der Waals surface area contributed by atoms with E-state index in [9.17, 15) is 4.79 Å². The Kier molecular flexibility index (Phi) is 7.02. The summed E-state index contributed by atoms with van der Waals surface area (Å²) in [6.45, 7) is 4.41. The smallest absolute Gasteiger partial charge is 0.253 e. The molecule has 0 bridgehead atoms. The summed E-state index contributed by atoms with van der Waals surface area (Å²) in [5.41, 5.74) is 5.12. The molecule has 4 aromatic rings. The van der Waals surface area contributed by atoms with E-state index < -0.39 is 0 Å². The van der Waals surface area contributed by atoms with Crippen molar-refractivity contribution >= 4 is 17.1 Å². The SMILES string of the molecule is COCCCOc1cccc(-c2ccnc3nc(-c4ccc(C(=O)N5CCNCC5)cc4)[nH]c23)c1. The van der Waals surface area contributed by atoms with E-state index in [1.807, 2.05) is 59.5 Å². The lowest BCUT2D eigenvalue weighted by molar-refractivity contribution is 0.0736. The number of ether oxygens (including phenoxy) is 2. The standard InChI is InChI=1S/C27H29N5O3/c1-34-16-3-17-35-22-5-2-4-21(18-22)23-10-11-29-26-24(23)30-25(31-26)19-6-8-20(9-7-19)27(33)32-14-12-28-13-15-32/h2,4-11,18,28H,3,12-17H2,1H3,(H,29,30,31). The number of methoxy groups -OCH3 is 1. The summed E-state index contributed by atoms with van der Waals surface area (Å²) in [5, 5.41) is 3.27. The number of carbonyl (C=O) groups excluding carboxylic acids is 1. The van der Waals surface area contributed by atoms with Crippen LogP contribution in [0.4, 0.5) is 0 Å². The van der Waals surface area contributed by atoms with Crippen LogP contribution in [0, 0.1) is 0 Å². The third-order valence-corrected chi connectivity index (χ3v) is 6.11. The van der Waals surface area contributed by atoms with Crippen LogP contribution in [0.3, 0.4) is 0 Å². The summed E-state index contributed by atoms with van der Waals surface area (Å²) in [6.07, 6.45) is 2.60. The van der Waals surface area contributed by atoms with E-state index in [4.69, 9.17) is 14.5 Å². The number of pyridine rings is 1. The van der Waals surface area contributed by atoms with Gasteiger partial charge in [-0.25, -0.2) is 9.97 Å². The molecular weight excluding hydrogens is 442 g/mol. The largest absolute Gasteiger partial charge is 0.493 e. The summed E-state index contributed by atoms with van der Waals surface area (Å²) in [4.78, 5) is 27.3. The Labute approximate surface area is 204 Å². The minimum atomic E-state index is 0.0657. The number of carbonyl (C=O) groups is 1. The number of nitrogens with zero attached hydrogens (tertiary/aromatic N) is 3. The van der Waals surface area contributed by atoms with Crippen molar-refractivity contribution in [1.29, 1.82) is 0 Å². The fraction of sp³-hybridized carbons (Fsp3) is 0.296. The zero-order valence-electron chi connectivity index (χ0n) is 19.8. The van der Waals surface area contributed by atoms with Gasteiger partial charge in [-0.05, 0) is 35.9 Å². The average Bonchev–Trinajstić information content (AvgIpc) is 3.36. The van der Waals surface area contributed by atoms with Gasteiger partial charge in [0.1, 0.15) is 11.6 Å². The van der Waals surface area contributed by atoms with Crippen molar-refractivity contribution in [2.45, 2.75) is 6.42 Å². The Morgan fingerprint density at radius 2 is 1.86 bits per heavy atom. The highest BCUT2D eigenvalue weighted by molar-refractivity contribution is 5.95. The minimum absolute atomic E-state index is 0.0657. The van der Waals surface area contributed by atoms with Gasteiger partial charge in [-0.2, -0.15) is 0 Å². The van der Waals surface area contributed by atoms with E-state index in [1.54, 1.807) is 13.3 Å². The van der Waals surface area contributed by atoms with Gasteiger partial charge in [-0.1, -0.05) is 24.3 Å². The van der Waals surface area contributed by atoms with Crippen molar-refractivity contribution in [2.24, 2.45) is 0 Å². The molecule has 0 unspecified atom stereocenters. The molecule has 1 aliphatic heterocycles. The number of H-pyrrole nitrogens is 1. The number of hydrogen-bond acceptors (Lipinski definition) is 6. The second-order valence-corrected chi connectivity index (χ2v) is 8.48. The average molecular weight is 472 g/mol. The molecule has 1 aliphatic rings. The van der Waals surface area contributed by atoms with E-state index in [0.717, 1.165) is 60.6 Å². The topological polar surface area (TPSA) is 92.4 Å². The van der Waals surface area contributed by atoms with Crippen LogP contribution in [0.1, 0.15) is 16.8 Å². The zero-order valence-corrected chi connectivity index (χ0v) is 19.8. The second-order valence-electron chi connectivity index (χ2n) is 8.48. The molecule has 1 amide bonds. The van der Waals surface area contributed by atoms with Gasteiger partial charge in [-0.3, -0.25) is 4.79 Å². The first-order valence-electron chi connectivity index (χ1n) is 11.9. The molecule has 0 saturated carbocycles. The van der Waals surface area contributed by atoms with E-state index >= 15 is 0 Å². The Balaban J connectivity index is 1.38. The van der Waals surface area contributed by atoms with Gasteiger partial charge in [-0.15, -0.1) is 0 Å². The molecule has 0 radical (unpaired) electrons. The first-order chi connectivity index (χ1) is 17.2. The molecule has 1 saturated heterocycles. The van der Waals surface area contributed by atoms with Crippen molar-refractivity contribution in [3.8, 4) is 28.3 Å². The summed E-state index contributed by atoms with van der Waals surface area (Å²) in [6, 6.07) is 17.6. The molecule has 2 N–H and O–H groups in total. The number of benzene rings is 2. The lowest BCUT2D eigenvalue weighted by atomic mass is 10.1. The lowest BCUT2D eigenvalue weighted by Gasteiger charge is -2.27. The van der Waals surface area contributed by atoms with Gasteiger partial charge in [0, 0.05) is 69.2 Å². The van der Waals surface area contributed by atoms with Gasteiger partial charge in [0.15, 0.2) is 5.65 Å². The van der Waals surface area contributed by atoms with Gasteiger partial charge >= 0.3 is 0 Å². The number of imidazole rings is 1. The first kappa shape index (κ1) is 23.0. The molecule has 8 nitrogen and oxygen atoms in total. The molecular formula is C27H29N5O3. The van der Waals surface area contributed by atoms with Crippen LogP contribution in [-0.4, -0.2) is 72.3 Å².